The number of rotatable bonds is 6. The Labute approximate surface area is 115 Å². The maximum atomic E-state index is 9.16. The number of hydrogen-bond acceptors (Lipinski definition) is 4. The molecule has 0 spiro atoms. The summed E-state index contributed by atoms with van der Waals surface area (Å²) in [5.74, 6) is 0.887. The first-order chi connectivity index (χ1) is 9.24. The zero-order valence-corrected chi connectivity index (χ0v) is 11.8. The van der Waals surface area contributed by atoms with Gasteiger partial charge in [0.2, 0.25) is 0 Å². The molecule has 1 aromatic heterocycles. The summed E-state index contributed by atoms with van der Waals surface area (Å²) in [7, 11) is 0. The predicted octanol–water partition coefficient (Wildman–Crippen LogP) is 2.00. The number of aromatic hydroxyl groups is 1. The fraction of sp³-hybridized carbons (Fsp3) is 0.667. The lowest BCUT2D eigenvalue weighted by atomic mass is 10.1. The van der Waals surface area contributed by atoms with E-state index in [1.807, 2.05) is 6.07 Å². The van der Waals surface area contributed by atoms with Crippen molar-refractivity contribution in [2.45, 2.75) is 32.7 Å². The number of pyridine rings is 1. The molecular weight excluding hydrogens is 238 g/mol. The minimum atomic E-state index is 0.224. The van der Waals surface area contributed by atoms with E-state index in [9.17, 15) is 0 Å². The molecule has 0 aliphatic carbocycles. The number of nitrogens with one attached hydrogen (secondary N) is 1. The van der Waals surface area contributed by atoms with Gasteiger partial charge in [-0.3, -0.25) is 4.98 Å². The van der Waals surface area contributed by atoms with E-state index >= 15 is 0 Å². The number of nitrogens with zero attached hydrogens (tertiary/aromatic N) is 2. The summed E-state index contributed by atoms with van der Waals surface area (Å²) < 4.78 is 0. The Bertz CT molecular complexity index is 360. The molecular formula is C15H25N3O. The monoisotopic (exact) mass is 263 g/mol. The Morgan fingerprint density at radius 2 is 2.11 bits per heavy atom. The van der Waals surface area contributed by atoms with Crippen LogP contribution in [0.15, 0.2) is 18.3 Å². The van der Waals surface area contributed by atoms with E-state index in [1.54, 1.807) is 6.07 Å². The highest BCUT2D eigenvalue weighted by molar-refractivity contribution is 5.17. The first-order valence-electron chi connectivity index (χ1n) is 7.31. The second kappa shape index (κ2) is 7.46. The van der Waals surface area contributed by atoms with Crippen molar-refractivity contribution in [2.75, 3.05) is 26.2 Å². The van der Waals surface area contributed by atoms with Crippen molar-refractivity contribution < 1.29 is 5.11 Å². The number of piperidine rings is 1. The quantitative estimate of drug-likeness (QED) is 0.824. The molecule has 0 amide bonds. The van der Waals surface area contributed by atoms with Gasteiger partial charge in [0, 0.05) is 13.1 Å². The molecule has 1 atom stereocenters. The number of likely N-dealkylation sites (tertiary alicyclic amines) is 1. The maximum Gasteiger partial charge on any atom is 0.133 e. The highest BCUT2D eigenvalue weighted by atomic mass is 16.3. The Balaban J connectivity index is 1.63. The van der Waals surface area contributed by atoms with Gasteiger partial charge in [-0.15, -0.1) is 0 Å². The first-order valence-corrected chi connectivity index (χ1v) is 7.31. The van der Waals surface area contributed by atoms with Crippen molar-refractivity contribution in [3.05, 3.63) is 24.0 Å². The van der Waals surface area contributed by atoms with Crippen molar-refractivity contribution in [2.24, 2.45) is 5.92 Å². The summed E-state index contributed by atoms with van der Waals surface area (Å²) in [6, 6.07) is 3.54. The van der Waals surface area contributed by atoms with Gasteiger partial charge < -0.3 is 15.3 Å². The van der Waals surface area contributed by atoms with Crippen LogP contribution in [0.2, 0.25) is 0 Å². The van der Waals surface area contributed by atoms with Crippen LogP contribution < -0.4 is 5.32 Å². The Morgan fingerprint density at radius 1 is 1.32 bits per heavy atom. The van der Waals surface area contributed by atoms with Crippen LogP contribution in [0.1, 0.15) is 31.9 Å². The molecule has 0 saturated carbocycles. The summed E-state index contributed by atoms with van der Waals surface area (Å²) in [6.07, 6.45) is 5.61. The lowest BCUT2D eigenvalue weighted by Gasteiger charge is -2.29. The van der Waals surface area contributed by atoms with Gasteiger partial charge in [0.15, 0.2) is 0 Å². The summed E-state index contributed by atoms with van der Waals surface area (Å²) in [5, 5.41) is 12.6. The van der Waals surface area contributed by atoms with Crippen LogP contribution in [0.25, 0.3) is 0 Å². The second-order valence-corrected chi connectivity index (χ2v) is 5.61. The van der Waals surface area contributed by atoms with E-state index in [1.165, 1.54) is 45.1 Å². The van der Waals surface area contributed by atoms with Crippen LogP contribution in [-0.2, 0) is 6.54 Å². The smallest absolute Gasteiger partial charge is 0.133 e. The average Bonchev–Trinajstić information content (AvgIpc) is 2.42. The average molecular weight is 263 g/mol. The molecule has 1 fully saturated rings. The summed E-state index contributed by atoms with van der Waals surface area (Å²) in [5.41, 5.74) is 0.975. The Kier molecular flexibility index (Phi) is 5.61. The highest BCUT2D eigenvalue weighted by Crippen LogP contribution is 2.10. The molecule has 0 aromatic carbocycles. The van der Waals surface area contributed by atoms with E-state index in [-0.39, 0.29) is 5.75 Å². The zero-order chi connectivity index (χ0) is 13.5. The maximum absolute atomic E-state index is 9.16. The molecule has 106 valence electrons. The van der Waals surface area contributed by atoms with Crippen molar-refractivity contribution in [3.8, 4) is 5.75 Å². The molecule has 1 aromatic rings. The Morgan fingerprint density at radius 3 is 2.79 bits per heavy atom. The van der Waals surface area contributed by atoms with Gasteiger partial charge in [-0.25, -0.2) is 0 Å². The predicted molar refractivity (Wildman–Crippen MR) is 77.1 cm³/mol. The third kappa shape index (κ3) is 5.17. The zero-order valence-electron chi connectivity index (χ0n) is 11.8. The molecule has 4 heteroatoms. The molecule has 1 unspecified atom stereocenters. The molecule has 0 bridgehead atoms. The Hall–Kier alpha value is -1.13. The first kappa shape index (κ1) is 14.3. The van der Waals surface area contributed by atoms with Crippen molar-refractivity contribution in [1.29, 1.82) is 0 Å². The summed E-state index contributed by atoms with van der Waals surface area (Å²) in [6.45, 7) is 7.80. The lowest BCUT2D eigenvalue weighted by Crippen LogP contribution is -2.36. The minimum absolute atomic E-state index is 0.224. The second-order valence-electron chi connectivity index (χ2n) is 5.61. The summed E-state index contributed by atoms with van der Waals surface area (Å²) in [4.78, 5) is 6.75. The van der Waals surface area contributed by atoms with Crippen LogP contribution in [0, 0.1) is 5.92 Å². The fourth-order valence-electron chi connectivity index (χ4n) is 2.62. The molecule has 2 heterocycles. The van der Waals surface area contributed by atoms with Crippen LogP contribution in [0.4, 0.5) is 0 Å². The SMILES string of the molecule is CC(CNCc1ccc(O)cn1)CN1CCCCC1. The summed E-state index contributed by atoms with van der Waals surface area (Å²) >= 11 is 0. The topological polar surface area (TPSA) is 48.4 Å². The third-order valence-electron chi connectivity index (χ3n) is 3.63. The van der Waals surface area contributed by atoms with Gasteiger partial charge in [0.25, 0.3) is 0 Å². The van der Waals surface area contributed by atoms with Crippen LogP contribution in [0.5, 0.6) is 5.75 Å². The van der Waals surface area contributed by atoms with E-state index in [4.69, 9.17) is 5.11 Å². The highest BCUT2D eigenvalue weighted by Gasteiger charge is 2.12. The van der Waals surface area contributed by atoms with Crippen LogP contribution in [-0.4, -0.2) is 41.2 Å². The standard InChI is InChI=1S/C15H25N3O/c1-13(12-18-7-3-2-4-8-18)9-16-10-14-5-6-15(19)11-17-14/h5-6,11,13,16,19H,2-4,7-10,12H2,1H3. The molecule has 19 heavy (non-hydrogen) atoms. The van der Waals surface area contributed by atoms with Crippen molar-refractivity contribution in [1.82, 2.24) is 15.2 Å². The van der Waals surface area contributed by atoms with Gasteiger partial charge in [0.05, 0.1) is 11.9 Å². The number of hydrogen-bond donors (Lipinski definition) is 2. The molecule has 1 aliphatic heterocycles. The fourth-order valence-corrected chi connectivity index (χ4v) is 2.62. The van der Waals surface area contributed by atoms with Gasteiger partial charge in [-0.1, -0.05) is 13.3 Å². The molecule has 4 nitrogen and oxygen atoms in total. The van der Waals surface area contributed by atoms with E-state index in [0.29, 0.717) is 5.92 Å². The number of aromatic nitrogens is 1. The van der Waals surface area contributed by atoms with Crippen LogP contribution >= 0.6 is 0 Å². The van der Waals surface area contributed by atoms with Gasteiger partial charge >= 0.3 is 0 Å². The van der Waals surface area contributed by atoms with Crippen molar-refractivity contribution in [3.63, 3.8) is 0 Å². The third-order valence-corrected chi connectivity index (χ3v) is 3.63. The molecule has 2 N–H and O–H groups in total. The van der Waals surface area contributed by atoms with Gasteiger partial charge in [-0.05, 0) is 50.5 Å². The van der Waals surface area contributed by atoms with E-state index in [2.05, 4.69) is 22.1 Å². The molecule has 1 saturated heterocycles. The van der Waals surface area contributed by atoms with Crippen molar-refractivity contribution >= 4 is 0 Å². The van der Waals surface area contributed by atoms with E-state index in [0.717, 1.165) is 18.8 Å². The van der Waals surface area contributed by atoms with Gasteiger partial charge in [0.1, 0.15) is 5.75 Å². The normalized spacial score (nSPS) is 18.4. The lowest BCUT2D eigenvalue weighted by molar-refractivity contribution is 0.199. The molecule has 2 rings (SSSR count). The largest absolute Gasteiger partial charge is 0.506 e. The molecule has 0 radical (unpaired) electrons. The van der Waals surface area contributed by atoms with Crippen LogP contribution in [0.3, 0.4) is 0 Å². The minimum Gasteiger partial charge on any atom is -0.506 e. The van der Waals surface area contributed by atoms with E-state index < -0.39 is 0 Å². The molecule has 1 aliphatic rings. The van der Waals surface area contributed by atoms with Gasteiger partial charge in [-0.2, -0.15) is 0 Å².